The van der Waals surface area contributed by atoms with Crippen LogP contribution in [0.5, 0.6) is 5.88 Å². The van der Waals surface area contributed by atoms with Crippen molar-refractivity contribution in [1.29, 1.82) is 0 Å². The van der Waals surface area contributed by atoms with Crippen LogP contribution in [0.3, 0.4) is 0 Å². The number of nitrogens with one attached hydrogen (secondary N) is 1. The number of rotatable bonds is 8. The van der Waals surface area contributed by atoms with Crippen LogP contribution in [0.15, 0.2) is 30.7 Å². The molecule has 7 nitrogen and oxygen atoms in total. The van der Waals surface area contributed by atoms with Crippen molar-refractivity contribution >= 4 is 5.91 Å². The molecular formula is C18H26N4O3. The average Bonchev–Trinajstić information content (AvgIpc) is 2.96. The van der Waals surface area contributed by atoms with Crippen molar-refractivity contribution in [3.05, 3.63) is 42.1 Å². The summed E-state index contributed by atoms with van der Waals surface area (Å²) in [6.07, 6.45) is 5.14. The molecule has 1 N–H and O–H groups in total. The fourth-order valence-electron chi connectivity index (χ4n) is 2.13. The van der Waals surface area contributed by atoms with Crippen molar-refractivity contribution < 1.29 is 14.3 Å². The number of nitrogens with zero attached hydrogens (tertiary/aromatic N) is 3. The molecule has 2 rings (SSSR count). The zero-order valence-electron chi connectivity index (χ0n) is 15.3. The van der Waals surface area contributed by atoms with Gasteiger partial charge >= 0.3 is 0 Å². The lowest BCUT2D eigenvalue weighted by atomic mass is 10.2. The molecule has 0 unspecified atom stereocenters. The van der Waals surface area contributed by atoms with E-state index in [4.69, 9.17) is 9.47 Å². The van der Waals surface area contributed by atoms with Gasteiger partial charge < -0.3 is 19.4 Å². The number of pyridine rings is 1. The maximum absolute atomic E-state index is 12.1. The summed E-state index contributed by atoms with van der Waals surface area (Å²) < 4.78 is 13.1. The second-order valence-corrected chi connectivity index (χ2v) is 6.62. The Labute approximate surface area is 148 Å². The molecule has 0 aromatic carbocycles. The van der Waals surface area contributed by atoms with E-state index in [1.54, 1.807) is 18.3 Å². The number of carbonyl (C=O) groups is 1. The molecule has 136 valence electrons. The number of hydrogen-bond donors (Lipinski definition) is 1. The van der Waals surface area contributed by atoms with Gasteiger partial charge in [0.2, 0.25) is 5.88 Å². The first-order valence-corrected chi connectivity index (χ1v) is 8.34. The smallest absolute Gasteiger partial charge is 0.252 e. The molecule has 0 saturated heterocycles. The van der Waals surface area contributed by atoms with E-state index in [1.165, 1.54) is 6.20 Å². The number of carbonyl (C=O) groups excluding carboxylic acids is 1. The van der Waals surface area contributed by atoms with E-state index in [0.717, 1.165) is 5.82 Å². The van der Waals surface area contributed by atoms with Gasteiger partial charge in [-0.25, -0.2) is 9.97 Å². The molecule has 1 amide bonds. The molecule has 0 radical (unpaired) electrons. The van der Waals surface area contributed by atoms with Gasteiger partial charge in [-0.15, -0.1) is 0 Å². The summed E-state index contributed by atoms with van der Waals surface area (Å²) in [5, 5.41) is 2.86. The maximum Gasteiger partial charge on any atom is 0.252 e. The van der Waals surface area contributed by atoms with Gasteiger partial charge in [0.25, 0.3) is 5.91 Å². The number of hydrogen-bond acceptors (Lipinski definition) is 5. The zero-order chi connectivity index (χ0) is 18.3. The summed E-state index contributed by atoms with van der Waals surface area (Å²) in [5.74, 6) is 1.24. The molecule has 2 aromatic heterocycles. The first-order chi connectivity index (χ1) is 11.8. The fraction of sp³-hybridized carbons (Fsp3) is 0.500. The quantitative estimate of drug-likeness (QED) is 0.742. The van der Waals surface area contributed by atoms with Crippen molar-refractivity contribution in [3.8, 4) is 5.88 Å². The third-order valence-electron chi connectivity index (χ3n) is 3.43. The first kappa shape index (κ1) is 18.9. The zero-order valence-corrected chi connectivity index (χ0v) is 15.3. The van der Waals surface area contributed by atoms with Crippen LogP contribution in [0, 0.1) is 6.92 Å². The van der Waals surface area contributed by atoms with Crippen molar-refractivity contribution in [3.63, 3.8) is 0 Å². The highest BCUT2D eigenvalue weighted by Crippen LogP contribution is 2.09. The van der Waals surface area contributed by atoms with Gasteiger partial charge in [-0.3, -0.25) is 4.79 Å². The Balaban J connectivity index is 1.73. The molecule has 0 bridgehead atoms. The normalized spacial score (nSPS) is 11.4. The fourth-order valence-corrected chi connectivity index (χ4v) is 2.13. The molecule has 0 saturated carbocycles. The van der Waals surface area contributed by atoms with Crippen molar-refractivity contribution in [2.45, 2.75) is 39.8 Å². The Kier molecular flexibility index (Phi) is 6.52. The molecule has 0 aliphatic rings. The van der Waals surface area contributed by atoms with E-state index < -0.39 is 0 Å². The number of ether oxygens (including phenoxy) is 2. The lowest BCUT2D eigenvalue weighted by Crippen LogP contribution is -2.27. The number of aromatic nitrogens is 3. The van der Waals surface area contributed by atoms with Crippen LogP contribution in [0.1, 0.15) is 37.0 Å². The third kappa shape index (κ3) is 6.54. The van der Waals surface area contributed by atoms with E-state index in [9.17, 15) is 4.79 Å². The monoisotopic (exact) mass is 346 g/mol. The molecule has 2 aromatic rings. The van der Waals surface area contributed by atoms with Gasteiger partial charge in [0.1, 0.15) is 12.4 Å². The van der Waals surface area contributed by atoms with Crippen LogP contribution in [0.25, 0.3) is 0 Å². The first-order valence-electron chi connectivity index (χ1n) is 8.34. The Morgan fingerprint density at radius 2 is 2.04 bits per heavy atom. The van der Waals surface area contributed by atoms with Gasteiger partial charge in [-0.05, 0) is 33.8 Å². The molecule has 7 heteroatoms. The Morgan fingerprint density at radius 3 is 2.64 bits per heavy atom. The van der Waals surface area contributed by atoms with E-state index in [1.807, 2.05) is 38.5 Å². The van der Waals surface area contributed by atoms with Gasteiger partial charge in [0.05, 0.1) is 17.8 Å². The minimum absolute atomic E-state index is 0.159. The van der Waals surface area contributed by atoms with E-state index in [2.05, 4.69) is 15.3 Å². The molecule has 0 spiro atoms. The largest absolute Gasteiger partial charge is 0.475 e. The predicted molar refractivity (Wildman–Crippen MR) is 94.7 cm³/mol. The topological polar surface area (TPSA) is 78.3 Å². The molecular weight excluding hydrogens is 320 g/mol. The Hall–Kier alpha value is -2.41. The molecule has 2 heterocycles. The van der Waals surface area contributed by atoms with Crippen LogP contribution in [-0.2, 0) is 11.3 Å². The van der Waals surface area contributed by atoms with Crippen LogP contribution < -0.4 is 10.1 Å². The Morgan fingerprint density at radius 1 is 1.24 bits per heavy atom. The lowest BCUT2D eigenvalue weighted by molar-refractivity contribution is -0.0168. The minimum atomic E-state index is -0.187. The molecule has 0 aliphatic carbocycles. The van der Waals surface area contributed by atoms with Gasteiger partial charge in [-0.1, -0.05) is 0 Å². The standard InChI is InChI=1S/C18H26N4O3/c1-14-19-7-9-22(14)10-8-20-17(23)15-5-6-16(21-13-15)24-11-12-25-18(2,3)4/h5-7,9,13H,8,10-12H2,1-4H3,(H,20,23). The second-order valence-electron chi connectivity index (χ2n) is 6.62. The minimum Gasteiger partial charge on any atom is -0.475 e. The second kappa shape index (κ2) is 8.62. The van der Waals surface area contributed by atoms with Gasteiger partial charge in [0.15, 0.2) is 0 Å². The molecule has 0 atom stereocenters. The van der Waals surface area contributed by atoms with Crippen LogP contribution in [0.4, 0.5) is 0 Å². The SMILES string of the molecule is Cc1nccn1CCNC(=O)c1ccc(OCCOC(C)(C)C)nc1. The van der Waals surface area contributed by atoms with Crippen molar-refractivity contribution in [1.82, 2.24) is 19.9 Å². The Bertz CT molecular complexity index is 674. The third-order valence-corrected chi connectivity index (χ3v) is 3.43. The van der Waals surface area contributed by atoms with E-state index in [0.29, 0.717) is 37.7 Å². The maximum atomic E-state index is 12.1. The van der Waals surface area contributed by atoms with Crippen LogP contribution >= 0.6 is 0 Å². The van der Waals surface area contributed by atoms with E-state index >= 15 is 0 Å². The summed E-state index contributed by atoms with van der Waals surface area (Å²) in [6.45, 7) is 10.0. The molecule has 25 heavy (non-hydrogen) atoms. The highest BCUT2D eigenvalue weighted by molar-refractivity contribution is 5.93. The molecule has 0 aliphatic heterocycles. The predicted octanol–water partition coefficient (Wildman–Crippen LogP) is 2.21. The van der Waals surface area contributed by atoms with E-state index in [-0.39, 0.29) is 11.5 Å². The summed E-state index contributed by atoms with van der Waals surface area (Å²) >= 11 is 0. The summed E-state index contributed by atoms with van der Waals surface area (Å²) in [7, 11) is 0. The summed E-state index contributed by atoms with van der Waals surface area (Å²) in [5.41, 5.74) is 0.314. The number of amides is 1. The number of imidazole rings is 1. The number of aryl methyl sites for hydroxylation is 1. The van der Waals surface area contributed by atoms with Crippen LogP contribution in [0.2, 0.25) is 0 Å². The highest BCUT2D eigenvalue weighted by atomic mass is 16.5. The lowest BCUT2D eigenvalue weighted by Gasteiger charge is -2.19. The van der Waals surface area contributed by atoms with Gasteiger partial charge in [0, 0.05) is 37.7 Å². The molecule has 0 fully saturated rings. The van der Waals surface area contributed by atoms with Crippen molar-refractivity contribution in [2.75, 3.05) is 19.8 Å². The summed E-state index contributed by atoms with van der Waals surface area (Å²) in [4.78, 5) is 20.4. The van der Waals surface area contributed by atoms with Crippen molar-refractivity contribution in [2.24, 2.45) is 0 Å². The van der Waals surface area contributed by atoms with Crippen LogP contribution in [-0.4, -0.2) is 45.8 Å². The highest BCUT2D eigenvalue weighted by Gasteiger charge is 2.10. The summed E-state index contributed by atoms with van der Waals surface area (Å²) in [6, 6.07) is 3.39. The average molecular weight is 346 g/mol. The van der Waals surface area contributed by atoms with Gasteiger partial charge in [-0.2, -0.15) is 0 Å².